The lowest BCUT2D eigenvalue weighted by atomic mass is 10.1. The molecule has 1 aromatic carbocycles. The lowest BCUT2D eigenvalue weighted by Gasteiger charge is -2.47. The predicted molar refractivity (Wildman–Crippen MR) is 128 cm³/mol. The molecule has 0 spiro atoms. The molecule has 3 heterocycles. The van der Waals surface area contributed by atoms with Gasteiger partial charge in [-0.3, -0.25) is 14.8 Å². The van der Waals surface area contributed by atoms with E-state index >= 15 is 0 Å². The second-order valence-electron chi connectivity index (χ2n) is 7.84. The summed E-state index contributed by atoms with van der Waals surface area (Å²) in [4.78, 5) is 9.68. The highest BCUT2D eigenvalue weighted by Gasteiger charge is 2.31. The van der Waals surface area contributed by atoms with Gasteiger partial charge in [0.2, 0.25) is 0 Å². The van der Waals surface area contributed by atoms with E-state index in [1.807, 2.05) is 38.1 Å². The van der Waals surface area contributed by atoms with Crippen LogP contribution in [0.4, 0.5) is 0 Å². The molecule has 0 aliphatic carbocycles. The lowest BCUT2D eigenvalue weighted by molar-refractivity contribution is 0.0154. The molecule has 2 atom stereocenters. The van der Waals surface area contributed by atoms with Crippen LogP contribution in [0, 0.1) is 0 Å². The van der Waals surface area contributed by atoms with Gasteiger partial charge in [-0.15, -0.1) is 24.0 Å². The van der Waals surface area contributed by atoms with E-state index in [0.717, 1.165) is 50.0 Å². The monoisotopic (exact) mass is 517 g/mol. The van der Waals surface area contributed by atoms with Gasteiger partial charge in [0.05, 0.1) is 18.8 Å². The molecule has 0 saturated carbocycles. The van der Waals surface area contributed by atoms with Crippen LogP contribution in [0.1, 0.15) is 32.4 Å². The van der Waals surface area contributed by atoms with Gasteiger partial charge in [-0.05, 0) is 38.5 Å². The molecule has 0 aromatic heterocycles. The summed E-state index contributed by atoms with van der Waals surface area (Å²) in [6, 6.07) is 8.13. The highest BCUT2D eigenvalue weighted by atomic mass is 127. The number of ether oxygens (including phenoxy) is 1. The average Bonchev–Trinajstić information content (AvgIpc) is 2.71. The molecule has 29 heavy (non-hydrogen) atoms. The Morgan fingerprint density at radius 1 is 1.17 bits per heavy atom. The number of guanidine groups is 1. The van der Waals surface area contributed by atoms with Crippen molar-refractivity contribution < 1.29 is 9.84 Å². The predicted octanol–water partition coefficient (Wildman–Crippen LogP) is 1.68. The minimum absolute atomic E-state index is 0. The van der Waals surface area contributed by atoms with Crippen LogP contribution in [0.2, 0.25) is 0 Å². The third-order valence-corrected chi connectivity index (χ3v) is 5.30. The fourth-order valence-corrected chi connectivity index (χ4v) is 3.80. The van der Waals surface area contributed by atoms with Crippen molar-refractivity contribution in [2.45, 2.75) is 39.0 Å². The van der Waals surface area contributed by atoms with Gasteiger partial charge in [0.25, 0.3) is 0 Å². The van der Waals surface area contributed by atoms with Crippen molar-refractivity contribution in [3.63, 3.8) is 0 Å². The van der Waals surface area contributed by atoms with Gasteiger partial charge in [-0.25, -0.2) is 0 Å². The van der Waals surface area contributed by atoms with E-state index in [1.54, 1.807) is 0 Å². The Morgan fingerprint density at radius 2 is 1.86 bits per heavy atom. The number of nitrogens with zero attached hydrogens (tertiary/aromatic N) is 3. The van der Waals surface area contributed by atoms with Gasteiger partial charge in [-0.2, -0.15) is 0 Å². The van der Waals surface area contributed by atoms with Crippen LogP contribution in [-0.2, 0) is 0 Å². The number of aliphatic imine (C=N–C) groups is 1. The van der Waals surface area contributed by atoms with Crippen LogP contribution >= 0.6 is 24.0 Å². The normalized spacial score (nSPS) is 24.7. The Balaban J connectivity index is 0.00000300. The molecule has 3 fully saturated rings. The SMILES string of the molecule is CCNC(=NCC(O)c1ccc(OC(C)C)cc1)NCC1CN2CCN1CC2.I. The van der Waals surface area contributed by atoms with Gasteiger partial charge < -0.3 is 20.5 Å². The molecule has 8 heteroatoms. The summed E-state index contributed by atoms with van der Waals surface area (Å²) >= 11 is 0. The van der Waals surface area contributed by atoms with Crippen molar-refractivity contribution in [1.82, 2.24) is 20.4 Å². The standard InChI is InChI=1S/C21H35N5O2.HI/c1-4-22-21(23-13-18-15-25-9-11-26(18)12-10-25)24-14-20(27)17-5-7-19(8-6-17)28-16(2)3;/h5-8,16,18,20,27H,4,9-15H2,1-3H3,(H2,22,23,24);1H. The molecular formula is C21H36IN5O2. The van der Waals surface area contributed by atoms with Gasteiger partial charge in [0.15, 0.2) is 5.96 Å². The van der Waals surface area contributed by atoms with Gasteiger partial charge in [0, 0.05) is 51.9 Å². The van der Waals surface area contributed by atoms with Crippen LogP contribution in [-0.4, -0.2) is 85.4 Å². The molecule has 0 radical (unpaired) electrons. The number of piperazine rings is 3. The number of halogens is 1. The third-order valence-electron chi connectivity index (χ3n) is 5.30. The molecule has 4 rings (SSSR count). The first-order valence-electron chi connectivity index (χ1n) is 10.5. The maximum absolute atomic E-state index is 10.5. The third kappa shape index (κ3) is 7.27. The number of rotatable bonds is 8. The maximum Gasteiger partial charge on any atom is 0.191 e. The minimum Gasteiger partial charge on any atom is -0.491 e. The molecule has 1 aromatic rings. The fourth-order valence-electron chi connectivity index (χ4n) is 3.80. The van der Waals surface area contributed by atoms with Crippen molar-refractivity contribution in [3.8, 4) is 5.75 Å². The minimum atomic E-state index is -0.635. The van der Waals surface area contributed by atoms with E-state index in [1.165, 1.54) is 13.1 Å². The van der Waals surface area contributed by atoms with Crippen molar-refractivity contribution >= 4 is 29.9 Å². The molecule has 3 N–H and O–H groups in total. The maximum atomic E-state index is 10.5. The largest absolute Gasteiger partial charge is 0.491 e. The number of fused-ring (bicyclic) bond motifs is 3. The quantitative estimate of drug-likeness (QED) is 0.277. The molecule has 0 amide bonds. The summed E-state index contributed by atoms with van der Waals surface area (Å²) in [5, 5.41) is 17.2. The summed E-state index contributed by atoms with van der Waals surface area (Å²) in [7, 11) is 0. The van der Waals surface area contributed by atoms with Crippen molar-refractivity contribution in [3.05, 3.63) is 29.8 Å². The Labute approximate surface area is 191 Å². The number of hydrogen-bond donors (Lipinski definition) is 3. The first kappa shape index (κ1) is 24.2. The summed E-state index contributed by atoms with van der Waals surface area (Å²) in [5.41, 5.74) is 0.846. The Kier molecular flexibility index (Phi) is 9.94. The van der Waals surface area contributed by atoms with Gasteiger partial charge >= 0.3 is 0 Å². The van der Waals surface area contributed by atoms with Crippen LogP contribution in [0.25, 0.3) is 0 Å². The number of hydrogen-bond acceptors (Lipinski definition) is 5. The second kappa shape index (κ2) is 11.9. The number of aliphatic hydroxyl groups is 1. The molecule has 3 aliphatic heterocycles. The van der Waals surface area contributed by atoms with Gasteiger partial charge in [-0.1, -0.05) is 12.1 Å². The van der Waals surface area contributed by atoms with E-state index in [9.17, 15) is 5.11 Å². The Hall–Kier alpha value is -1.10. The fraction of sp³-hybridized carbons (Fsp3) is 0.667. The summed E-state index contributed by atoms with van der Waals surface area (Å²) in [6.07, 6.45) is -0.495. The zero-order valence-corrected chi connectivity index (χ0v) is 20.1. The van der Waals surface area contributed by atoms with E-state index in [4.69, 9.17) is 4.74 Å². The number of nitrogens with one attached hydrogen (secondary N) is 2. The molecule has 164 valence electrons. The second-order valence-corrected chi connectivity index (χ2v) is 7.84. The highest BCUT2D eigenvalue weighted by molar-refractivity contribution is 14.0. The molecule has 2 unspecified atom stereocenters. The van der Waals surface area contributed by atoms with Crippen LogP contribution in [0.5, 0.6) is 5.75 Å². The molecule has 7 nitrogen and oxygen atoms in total. The van der Waals surface area contributed by atoms with Crippen molar-refractivity contribution in [2.75, 3.05) is 52.4 Å². The molecule has 2 bridgehead atoms. The number of benzene rings is 1. The Morgan fingerprint density at radius 3 is 2.41 bits per heavy atom. The van der Waals surface area contributed by atoms with E-state index < -0.39 is 6.10 Å². The van der Waals surface area contributed by atoms with E-state index in [-0.39, 0.29) is 30.1 Å². The lowest BCUT2D eigenvalue weighted by Crippen LogP contribution is -2.63. The van der Waals surface area contributed by atoms with Crippen LogP contribution in [0.15, 0.2) is 29.3 Å². The summed E-state index contributed by atoms with van der Waals surface area (Å²) < 4.78 is 5.65. The topological polar surface area (TPSA) is 72.4 Å². The zero-order chi connectivity index (χ0) is 19.9. The molecular weight excluding hydrogens is 481 g/mol. The summed E-state index contributed by atoms with van der Waals surface area (Å²) in [6.45, 7) is 13.9. The number of aliphatic hydroxyl groups excluding tert-OH is 1. The smallest absolute Gasteiger partial charge is 0.191 e. The zero-order valence-electron chi connectivity index (χ0n) is 17.8. The Bertz CT molecular complexity index is 632. The van der Waals surface area contributed by atoms with Gasteiger partial charge in [0.1, 0.15) is 5.75 Å². The van der Waals surface area contributed by atoms with Crippen LogP contribution < -0.4 is 15.4 Å². The first-order chi connectivity index (χ1) is 13.5. The molecule has 3 saturated heterocycles. The van der Waals surface area contributed by atoms with E-state index in [2.05, 4.69) is 32.3 Å². The van der Waals surface area contributed by atoms with Crippen LogP contribution in [0.3, 0.4) is 0 Å². The average molecular weight is 517 g/mol. The summed E-state index contributed by atoms with van der Waals surface area (Å²) in [5.74, 6) is 1.58. The van der Waals surface area contributed by atoms with Crippen molar-refractivity contribution in [2.24, 2.45) is 4.99 Å². The van der Waals surface area contributed by atoms with Crippen molar-refractivity contribution in [1.29, 1.82) is 0 Å². The van der Waals surface area contributed by atoms with E-state index in [0.29, 0.717) is 12.6 Å². The first-order valence-corrected chi connectivity index (χ1v) is 10.5. The molecule has 3 aliphatic rings. The highest BCUT2D eigenvalue weighted by Crippen LogP contribution is 2.19.